The van der Waals surface area contributed by atoms with Gasteiger partial charge in [-0.2, -0.15) is 0 Å². The molecule has 0 bridgehead atoms. The molecular weight excluding hydrogens is 561 g/mol. The van der Waals surface area contributed by atoms with Gasteiger partial charge in [0.25, 0.3) is 0 Å². The van der Waals surface area contributed by atoms with Gasteiger partial charge in [-0.05, 0) is 97.0 Å². The molecule has 0 saturated heterocycles. The maximum atomic E-state index is 6.22. The Balaban J connectivity index is 1.96. The van der Waals surface area contributed by atoms with Crippen LogP contribution in [0.15, 0.2) is 85.2 Å². The van der Waals surface area contributed by atoms with Crippen LogP contribution >= 0.6 is 0 Å². The van der Waals surface area contributed by atoms with Crippen LogP contribution in [0.1, 0.15) is 83.1 Å². The van der Waals surface area contributed by atoms with Crippen molar-refractivity contribution in [3.05, 3.63) is 107 Å². The summed E-state index contributed by atoms with van der Waals surface area (Å²) < 4.78 is 24.6. The smallest absolute Gasteiger partial charge is 0.494 e. The molecule has 4 nitrogen and oxygen atoms in total. The summed E-state index contributed by atoms with van der Waals surface area (Å²) in [6, 6.07) is 23.4. The highest BCUT2D eigenvalue weighted by atomic mass is 28.4. The summed E-state index contributed by atoms with van der Waals surface area (Å²) in [5.74, 6) is 0.627. The highest BCUT2D eigenvalue weighted by Crippen LogP contribution is 2.32. The number of allylic oxidation sites excluding steroid dienone is 1. The molecule has 0 unspecified atom stereocenters. The fourth-order valence-electron chi connectivity index (χ4n) is 5.57. The van der Waals surface area contributed by atoms with E-state index in [1.807, 2.05) is 27.7 Å². The van der Waals surface area contributed by atoms with Crippen LogP contribution in [0, 0.1) is 0 Å². The third-order valence-corrected chi connectivity index (χ3v) is 11.0. The first kappa shape index (κ1) is 35.5. The van der Waals surface area contributed by atoms with Crippen molar-refractivity contribution >= 4 is 8.80 Å². The van der Waals surface area contributed by atoms with Gasteiger partial charge in [-0.15, -0.1) is 0 Å². The summed E-state index contributed by atoms with van der Waals surface area (Å²) in [5, 5.41) is 0. The second-order valence-corrected chi connectivity index (χ2v) is 13.9. The molecule has 0 aromatic heterocycles. The molecule has 0 radical (unpaired) electrons. The molecule has 5 heteroatoms. The van der Waals surface area contributed by atoms with Gasteiger partial charge in [-0.25, -0.2) is 0 Å². The van der Waals surface area contributed by atoms with E-state index >= 15 is 0 Å². The normalized spacial score (nSPS) is 11.5. The van der Waals surface area contributed by atoms with E-state index in [9.17, 15) is 0 Å². The number of aryl methyl sites for hydroxylation is 2. The lowest BCUT2D eigenvalue weighted by Crippen LogP contribution is -2.48. The highest BCUT2D eigenvalue weighted by molar-refractivity contribution is 6.60. The monoisotopic (exact) mass is 614 g/mol. The van der Waals surface area contributed by atoms with Crippen LogP contribution < -0.4 is 0 Å². The Morgan fingerprint density at radius 2 is 1.27 bits per heavy atom. The lowest BCUT2D eigenvalue weighted by atomic mass is 9.91. The zero-order valence-electron chi connectivity index (χ0n) is 28.1. The number of hydrogen-bond donors (Lipinski definition) is 0. The molecule has 44 heavy (non-hydrogen) atoms. The molecule has 0 aliphatic heterocycles. The van der Waals surface area contributed by atoms with E-state index in [0.717, 1.165) is 24.8 Å². The van der Waals surface area contributed by atoms with Crippen LogP contribution in [-0.2, 0) is 43.3 Å². The number of benzene rings is 3. The van der Waals surface area contributed by atoms with Crippen molar-refractivity contribution in [3.63, 3.8) is 0 Å². The largest absolute Gasteiger partial charge is 0.505 e. The summed E-state index contributed by atoms with van der Waals surface area (Å²) in [6.45, 7) is 22.5. The minimum absolute atomic E-state index is 0.516. The van der Waals surface area contributed by atoms with Crippen molar-refractivity contribution in [1.82, 2.24) is 0 Å². The molecular formula is C39H54O4Si. The average molecular weight is 615 g/mol. The van der Waals surface area contributed by atoms with E-state index in [1.54, 1.807) is 0 Å². The topological polar surface area (TPSA) is 36.9 Å². The number of unbranched alkanes of at least 4 members (excludes halogenated alkanes) is 2. The van der Waals surface area contributed by atoms with Crippen molar-refractivity contribution in [2.75, 3.05) is 26.4 Å². The molecule has 0 saturated carbocycles. The lowest BCUT2D eigenvalue weighted by molar-refractivity contribution is 0.0703. The molecule has 0 heterocycles. The van der Waals surface area contributed by atoms with Gasteiger partial charge in [0.05, 0.1) is 6.61 Å². The third-order valence-electron chi connectivity index (χ3n) is 7.98. The summed E-state index contributed by atoms with van der Waals surface area (Å²) >= 11 is 0. The van der Waals surface area contributed by atoms with Crippen molar-refractivity contribution < 1.29 is 18.0 Å². The van der Waals surface area contributed by atoms with Gasteiger partial charge < -0.3 is 18.0 Å². The first-order chi connectivity index (χ1) is 21.3. The minimum Gasteiger partial charge on any atom is -0.494 e. The van der Waals surface area contributed by atoms with E-state index in [4.69, 9.17) is 18.0 Å². The molecule has 0 fully saturated rings. The summed E-state index contributed by atoms with van der Waals surface area (Å²) in [6.07, 6.45) is 6.63. The molecule has 0 aliphatic carbocycles. The van der Waals surface area contributed by atoms with Crippen molar-refractivity contribution in [1.29, 1.82) is 0 Å². The second kappa shape index (κ2) is 18.1. The van der Waals surface area contributed by atoms with Crippen LogP contribution in [0.2, 0.25) is 0 Å². The standard InChI is InChI=1S/C39H54O4Si/c1-9-14-15-16-32-17-19-34(20-18-32)35-23-24-39(33(10-2)27-35)37-21-22-38(29-44(41-11-3,42-12-4)43-13-5)36(28-37)25-26-40-31(8)30(6)7/h17-24,27-28H,6,8-16,25-26,29H2,1-5,7H3. The van der Waals surface area contributed by atoms with E-state index in [1.165, 1.54) is 63.8 Å². The average Bonchev–Trinajstić information content (AvgIpc) is 3.02. The Morgan fingerprint density at radius 1 is 0.659 bits per heavy atom. The first-order valence-electron chi connectivity index (χ1n) is 16.5. The van der Waals surface area contributed by atoms with E-state index < -0.39 is 8.80 Å². The molecule has 0 atom stereocenters. The highest BCUT2D eigenvalue weighted by Gasteiger charge is 2.41. The van der Waals surface area contributed by atoms with Gasteiger partial charge >= 0.3 is 8.80 Å². The maximum absolute atomic E-state index is 6.22. The van der Waals surface area contributed by atoms with Crippen molar-refractivity contribution in [2.24, 2.45) is 0 Å². The Kier molecular flexibility index (Phi) is 14.6. The third kappa shape index (κ3) is 10.0. The summed E-state index contributed by atoms with van der Waals surface area (Å²) in [5.41, 5.74) is 11.0. The van der Waals surface area contributed by atoms with E-state index in [0.29, 0.717) is 38.2 Å². The predicted octanol–water partition coefficient (Wildman–Crippen LogP) is 10.1. The second-order valence-electron chi connectivity index (χ2n) is 11.3. The molecule has 3 rings (SSSR count). The zero-order valence-corrected chi connectivity index (χ0v) is 29.1. The molecule has 3 aromatic rings. The maximum Gasteiger partial charge on any atom is 0.505 e. The zero-order chi connectivity index (χ0) is 32.0. The van der Waals surface area contributed by atoms with Crippen LogP contribution in [0.5, 0.6) is 0 Å². The molecule has 0 amide bonds. The van der Waals surface area contributed by atoms with Gasteiger partial charge in [0.1, 0.15) is 5.76 Å². The summed E-state index contributed by atoms with van der Waals surface area (Å²) in [4.78, 5) is 0. The van der Waals surface area contributed by atoms with Crippen molar-refractivity contribution in [3.8, 4) is 22.3 Å². The summed E-state index contributed by atoms with van der Waals surface area (Å²) in [7, 11) is -2.89. The van der Waals surface area contributed by atoms with Crippen LogP contribution in [0.3, 0.4) is 0 Å². The predicted molar refractivity (Wildman–Crippen MR) is 188 cm³/mol. The Hall–Kier alpha value is -2.96. The number of rotatable bonds is 20. The molecule has 3 aromatic carbocycles. The van der Waals surface area contributed by atoms with Gasteiger partial charge in [0.2, 0.25) is 0 Å². The molecule has 0 spiro atoms. The van der Waals surface area contributed by atoms with Gasteiger partial charge in [-0.3, -0.25) is 0 Å². The Morgan fingerprint density at radius 3 is 1.86 bits per heavy atom. The van der Waals surface area contributed by atoms with Crippen molar-refractivity contribution in [2.45, 2.75) is 86.1 Å². The molecule has 0 N–H and O–H groups in total. The van der Waals surface area contributed by atoms with E-state index in [2.05, 4.69) is 87.7 Å². The fourth-order valence-corrected chi connectivity index (χ4v) is 8.25. The Labute approximate surface area is 268 Å². The van der Waals surface area contributed by atoms with Gasteiger partial charge in [0, 0.05) is 32.3 Å². The molecule has 238 valence electrons. The van der Waals surface area contributed by atoms with Gasteiger partial charge in [0.15, 0.2) is 0 Å². The Bertz CT molecular complexity index is 1330. The van der Waals surface area contributed by atoms with Crippen LogP contribution in [-0.4, -0.2) is 35.2 Å². The van der Waals surface area contributed by atoms with E-state index in [-0.39, 0.29) is 0 Å². The van der Waals surface area contributed by atoms with Gasteiger partial charge in [-0.1, -0.05) is 101 Å². The SMILES string of the molecule is C=C(C)C(=C)OCCc1cc(-c2ccc(-c3ccc(CCCCC)cc3)cc2CC)ccc1C[Si](OCC)(OCC)OCC. The number of ether oxygens (including phenoxy) is 1. The quantitative estimate of drug-likeness (QED) is 0.0549. The molecule has 0 aliphatic rings. The van der Waals surface area contributed by atoms with Crippen LogP contribution in [0.4, 0.5) is 0 Å². The first-order valence-corrected chi connectivity index (χ1v) is 18.5. The van der Waals surface area contributed by atoms with Crippen LogP contribution in [0.25, 0.3) is 22.3 Å². The minimum atomic E-state index is -2.89. The lowest BCUT2D eigenvalue weighted by Gasteiger charge is -2.29. The fraction of sp³-hybridized carbons (Fsp3) is 0.436. The number of hydrogen-bond acceptors (Lipinski definition) is 4.